The molecule has 1 aliphatic carbocycles. The highest BCUT2D eigenvalue weighted by Crippen LogP contribution is 2.51. The van der Waals surface area contributed by atoms with Crippen molar-refractivity contribution in [1.29, 1.82) is 0 Å². The average molecular weight is 251 g/mol. The molecule has 1 saturated carbocycles. The van der Waals surface area contributed by atoms with Gasteiger partial charge in [-0.15, -0.1) is 0 Å². The molecule has 4 atom stereocenters. The Labute approximate surface area is 115 Å². The third-order valence-corrected chi connectivity index (χ3v) is 4.46. The van der Waals surface area contributed by atoms with E-state index in [9.17, 15) is 0 Å². The molecule has 4 unspecified atom stereocenters. The lowest BCUT2D eigenvalue weighted by Crippen LogP contribution is -2.29. The molecular formula is C18H21N. The summed E-state index contributed by atoms with van der Waals surface area (Å²) in [4.78, 5) is 0. The second-order valence-electron chi connectivity index (χ2n) is 5.69. The maximum atomic E-state index is 6.48. The molecule has 1 heteroatoms. The summed E-state index contributed by atoms with van der Waals surface area (Å²) in [6.07, 6.45) is 1.24. The fourth-order valence-corrected chi connectivity index (χ4v) is 3.07. The molecule has 2 aromatic rings. The summed E-state index contributed by atoms with van der Waals surface area (Å²) in [6.45, 7) is 2.25. The zero-order valence-corrected chi connectivity index (χ0v) is 11.4. The quantitative estimate of drug-likeness (QED) is 0.875. The lowest BCUT2D eigenvalue weighted by molar-refractivity contribution is 0.501. The van der Waals surface area contributed by atoms with Gasteiger partial charge in [-0.2, -0.15) is 0 Å². The first-order chi connectivity index (χ1) is 9.27. The molecule has 0 amide bonds. The SMILES string of the molecule is CC(c1ccccc1)C(N)C1CC1c1ccccc1. The predicted octanol–water partition coefficient (Wildman–Crippen LogP) is 3.92. The summed E-state index contributed by atoms with van der Waals surface area (Å²) < 4.78 is 0. The second kappa shape index (κ2) is 5.18. The van der Waals surface area contributed by atoms with E-state index in [0.29, 0.717) is 17.8 Å². The van der Waals surface area contributed by atoms with E-state index >= 15 is 0 Å². The summed E-state index contributed by atoms with van der Waals surface area (Å²) in [6, 6.07) is 21.7. The molecule has 1 nitrogen and oxygen atoms in total. The Bertz CT molecular complexity index is 520. The van der Waals surface area contributed by atoms with Crippen molar-refractivity contribution in [3.63, 3.8) is 0 Å². The van der Waals surface area contributed by atoms with Crippen LogP contribution in [0.5, 0.6) is 0 Å². The monoisotopic (exact) mass is 251 g/mol. The standard InChI is InChI=1S/C18H21N/c1-13(14-8-4-2-5-9-14)18(19)17-12-16(17)15-10-6-3-7-11-15/h2-11,13,16-18H,12,19H2,1H3. The Morgan fingerprint density at radius 1 is 0.947 bits per heavy atom. The molecule has 19 heavy (non-hydrogen) atoms. The van der Waals surface area contributed by atoms with Gasteiger partial charge in [-0.3, -0.25) is 0 Å². The van der Waals surface area contributed by atoms with E-state index in [4.69, 9.17) is 5.73 Å². The molecule has 0 heterocycles. The lowest BCUT2D eigenvalue weighted by atomic mass is 9.89. The minimum atomic E-state index is 0.257. The lowest BCUT2D eigenvalue weighted by Gasteiger charge is -2.20. The van der Waals surface area contributed by atoms with Crippen molar-refractivity contribution in [3.8, 4) is 0 Å². The molecule has 0 spiro atoms. The van der Waals surface area contributed by atoms with Crippen LogP contribution in [0.4, 0.5) is 0 Å². The van der Waals surface area contributed by atoms with Crippen LogP contribution in [0.15, 0.2) is 60.7 Å². The van der Waals surface area contributed by atoms with Crippen molar-refractivity contribution < 1.29 is 0 Å². The summed E-state index contributed by atoms with van der Waals surface area (Å²) in [5, 5.41) is 0. The average Bonchev–Trinajstić information content (AvgIpc) is 3.28. The topological polar surface area (TPSA) is 26.0 Å². The van der Waals surface area contributed by atoms with Crippen molar-refractivity contribution >= 4 is 0 Å². The van der Waals surface area contributed by atoms with Crippen LogP contribution in [0, 0.1) is 5.92 Å². The second-order valence-corrected chi connectivity index (χ2v) is 5.69. The first kappa shape index (κ1) is 12.4. The fourth-order valence-electron chi connectivity index (χ4n) is 3.07. The molecule has 1 fully saturated rings. The summed E-state index contributed by atoms with van der Waals surface area (Å²) in [7, 11) is 0. The van der Waals surface area contributed by atoms with Crippen LogP contribution in [-0.2, 0) is 0 Å². The van der Waals surface area contributed by atoms with E-state index in [1.54, 1.807) is 0 Å². The highest BCUT2D eigenvalue weighted by Gasteiger charge is 2.44. The molecule has 0 saturated heterocycles. The molecule has 3 rings (SSSR count). The summed E-state index contributed by atoms with van der Waals surface area (Å²) in [5.41, 5.74) is 9.28. The maximum Gasteiger partial charge on any atom is 0.0140 e. The van der Waals surface area contributed by atoms with Crippen molar-refractivity contribution in [3.05, 3.63) is 71.8 Å². The van der Waals surface area contributed by atoms with Gasteiger partial charge in [0.1, 0.15) is 0 Å². The van der Waals surface area contributed by atoms with Gasteiger partial charge in [0.15, 0.2) is 0 Å². The van der Waals surface area contributed by atoms with Gasteiger partial charge in [0.2, 0.25) is 0 Å². The van der Waals surface area contributed by atoms with Crippen molar-refractivity contribution in [2.24, 2.45) is 11.7 Å². The predicted molar refractivity (Wildman–Crippen MR) is 80.1 cm³/mol. The first-order valence-electron chi connectivity index (χ1n) is 7.13. The van der Waals surface area contributed by atoms with Crippen molar-refractivity contribution in [2.45, 2.75) is 31.2 Å². The van der Waals surface area contributed by atoms with Crippen molar-refractivity contribution in [2.75, 3.05) is 0 Å². The van der Waals surface area contributed by atoms with Crippen LogP contribution in [0.3, 0.4) is 0 Å². The molecule has 2 N–H and O–H groups in total. The van der Waals surface area contributed by atoms with E-state index in [0.717, 1.165) is 0 Å². The minimum Gasteiger partial charge on any atom is -0.327 e. The van der Waals surface area contributed by atoms with Gasteiger partial charge in [0, 0.05) is 6.04 Å². The Morgan fingerprint density at radius 2 is 1.53 bits per heavy atom. The molecule has 0 radical (unpaired) electrons. The Hall–Kier alpha value is -1.60. The van der Waals surface area contributed by atoms with Gasteiger partial charge in [0.25, 0.3) is 0 Å². The van der Waals surface area contributed by atoms with Gasteiger partial charge < -0.3 is 5.73 Å². The normalized spacial score (nSPS) is 24.7. The number of hydrogen-bond donors (Lipinski definition) is 1. The third kappa shape index (κ3) is 2.57. The molecular weight excluding hydrogens is 230 g/mol. The van der Waals surface area contributed by atoms with E-state index in [1.807, 2.05) is 0 Å². The first-order valence-corrected chi connectivity index (χ1v) is 7.13. The van der Waals surface area contributed by atoms with Crippen LogP contribution >= 0.6 is 0 Å². The molecule has 0 aliphatic heterocycles. The van der Waals surface area contributed by atoms with E-state index in [1.165, 1.54) is 17.5 Å². The van der Waals surface area contributed by atoms with E-state index in [2.05, 4.69) is 67.6 Å². The van der Waals surface area contributed by atoms with E-state index in [-0.39, 0.29) is 6.04 Å². The van der Waals surface area contributed by atoms with Gasteiger partial charge >= 0.3 is 0 Å². The molecule has 0 bridgehead atoms. The zero-order chi connectivity index (χ0) is 13.2. The number of nitrogens with two attached hydrogens (primary N) is 1. The molecule has 0 aromatic heterocycles. The summed E-state index contributed by atoms with van der Waals surface area (Å²) >= 11 is 0. The van der Waals surface area contributed by atoms with Crippen LogP contribution in [0.25, 0.3) is 0 Å². The fraction of sp³-hybridized carbons (Fsp3) is 0.333. The zero-order valence-electron chi connectivity index (χ0n) is 11.4. The minimum absolute atomic E-state index is 0.257. The number of hydrogen-bond acceptors (Lipinski definition) is 1. The largest absolute Gasteiger partial charge is 0.327 e. The van der Waals surface area contributed by atoms with Gasteiger partial charge in [-0.05, 0) is 35.3 Å². The molecule has 2 aromatic carbocycles. The Kier molecular flexibility index (Phi) is 3.39. The van der Waals surface area contributed by atoms with Crippen LogP contribution in [-0.4, -0.2) is 6.04 Å². The van der Waals surface area contributed by atoms with Crippen LogP contribution < -0.4 is 5.73 Å². The third-order valence-electron chi connectivity index (χ3n) is 4.46. The maximum absolute atomic E-state index is 6.48. The number of rotatable bonds is 4. The molecule has 98 valence electrons. The van der Waals surface area contributed by atoms with Gasteiger partial charge in [0.05, 0.1) is 0 Å². The van der Waals surface area contributed by atoms with Gasteiger partial charge in [-0.1, -0.05) is 67.6 Å². The highest BCUT2D eigenvalue weighted by atomic mass is 14.7. The highest BCUT2D eigenvalue weighted by molar-refractivity contribution is 5.29. The van der Waals surface area contributed by atoms with E-state index < -0.39 is 0 Å². The Morgan fingerprint density at radius 3 is 2.16 bits per heavy atom. The Balaban J connectivity index is 1.68. The smallest absolute Gasteiger partial charge is 0.0140 e. The number of benzene rings is 2. The van der Waals surface area contributed by atoms with Crippen LogP contribution in [0.2, 0.25) is 0 Å². The van der Waals surface area contributed by atoms with Crippen LogP contribution in [0.1, 0.15) is 36.3 Å². The van der Waals surface area contributed by atoms with Crippen molar-refractivity contribution in [1.82, 2.24) is 0 Å². The van der Waals surface area contributed by atoms with Gasteiger partial charge in [-0.25, -0.2) is 0 Å². The summed E-state index contributed by atoms with van der Waals surface area (Å²) in [5.74, 6) is 1.74. The molecule has 1 aliphatic rings.